The van der Waals surface area contributed by atoms with Gasteiger partial charge in [-0.25, -0.2) is 9.78 Å². The SMILES string of the molecule is CCN(c1cc(C(=O)O)c([N+](=O)[O-])cn1)C(C)C. The molecular weight excluding hydrogens is 238 g/mol. The Bertz CT molecular complexity index is 473. The molecule has 1 aromatic heterocycles. The minimum atomic E-state index is -1.33. The topological polar surface area (TPSA) is 96.6 Å². The van der Waals surface area contributed by atoms with E-state index in [0.717, 1.165) is 6.20 Å². The summed E-state index contributed by atoms with van der Waals surface area (Å²) < 4.78 is 0. The van der Waals surface area contributed by atoms with Gasteiger partial charge >= 0.3 is 11.7 Å². The van der Waals surface area contributed by atoms with Gasteiger partial charge in [0.2, 0.25) is 0 Å². The third-order valence-electron chi connectivity index (χ3n) is 2.55. The van der Waals surface area contributed by atoms with Crippen LogP contribution in [0.25, 0.3) is 0 Å². The molecule has 7 nitrogen and oxygen atoms in total. The number of hydrogen-bond acceptors (Lipinski definition) is 5. The lowest BCUT2D eigenvalue weighted by Crippen LogP contribution is -2.31. The first-order chi connectivity index (χ1) is 8.38. The molecule has 1 rings (SSSR count). The van der Waals surface area contributed by atoms with Gasteiger partial charge in [-0.15, -0.1) is 0 Å². The third kappa shape index (κ3) is 2.73. The van der Waals surface area contributed by atoms with Crippen molar-refractivity contribution in [2.24, 2.45) is 0 Å². The largest absolute Gasteiger partial charge is 0.477 e. The number of aromatic carboxylic acids is 1. The summed E-state index contributed by atoms with van der Waals surface area (Å²) >= 11 is 0. The molecule has 0 amide bonds. The standard InChI is InChI=1S/C11H15N3O4/c1-4-13(7(2)3)10-5-8(11(15)16)9(6-12-10)14(17)18/h5-7H,4H2,1-3H3,(H,15,16). The molecule has 0 atom stereocenters. The molecule has 0 aliphatic rings. The number of hydrogen-bond donors (Lipinski definition) is 1. The highest BCUT2D eigenvalue weighted by Gasteiger charge is 2.23. The van der Waals surface area contributed by atoms with Gasteiger partial charge in [-0.3, -0.25) is 10.1 Å². The van der Waals surface area contributed by atoms with Crippen LogP contribution in [0.4, 0.5) is 11.5 Å². The molecule has 0 radical (unpaired) electrons. The van der Waals surface area contributed by atoms with E-state index in [4.69, 9.17) is 5.11 Å². The van der Waals surface area contributed by atoms with Crippen LogP contribution in [-0.4, -0.2) is 33.6 Å². The Morgan fingerprint density at radius 3 is 2.61 bits per heavy atom. The van der Waals surface area contributed by atoms with Crippen molar-refractivity contribution in [1.29, 1.82) is 0 Å². The van der Waals surface area contributed by atoms with Crippen LogP contribution in [-0.2, 0) is 0 Å². The quantitative estimate of drug-likeness (QED) is 0.636. The number of aromatic nitrogens is 1. The Morgan fingerprint density at radius 1 is 1.61 bits per heavy atom. The predicted octanol–water partition coefficient (Wildman–Crippen LogP) is 1.92. The van der Waals surface area contributed by atoms with Crippen LogP contribution in [0.5, 0.6) is 0 Å². The monoisotopic (exact) mass is 253 g/mol. The van der Waals surface area contributed by atoms with E-state index in [9.17, 15) is 14.9 Å². The second-order valence-electron chi connectivity index (χ2n) is 4.00. The number of nitro groups is 1. The molecule has 98 valence electrons. The summed E-state index contributed by atoms with van der Waals surface area (Å²) in [5.41, 5.74) is -0.838. The van der Waals surface area contributed by atoms with Gasteiger partial charge in [0, 0.05) is 18.7 Å². The fraction of sp³-hybridized carbons (Fsp3) is 0.455. The Morgan fingerprint density at radius 2 is 2.22 bits per heavy atom. The molecule has 1 aromatic rings. The van der Waals surface area contributed by atoms with Gasteiger partial charge in [-0.05, 0) is 20.8 Å². The molecule has 0 saturated carbocycles. The lowest BCUT2D eigenvalue weighted by Gasteiger charge is -2.26. The maximum atomic E-state index is 11.0. The van der Waals surface area contributed by atoms with Crippen LogP contribution in [0.2, 0.25) is 0 Å². The van der Waals surface area contributed by atoms with Crippen LogP contribution in [0.1, 0.15) is 31.1 Å². The summed E-state index contributed by atoms with van der Waals surface area (Å²) in [5.74, 6) is -0.902. The molecule has 0 bridgehead atoms. The fourth-order valence-corrected chi connectivity index (χ4v) is 1.70. The Hall–Kier alpha value is -2.18. The van der Waals surface area contributed by atoms with Crippen LogP contribution < -0.4 is 4.90 Å². The number of pyridine rings is 1. The molecule has 1 heterocycles. The molecule has 0 spiro atoms. The van der Waals surface area contributed by atoms with Crippen molar-refractivity contribution in [2.75, 3.05) is 11.4 Å². The molecule has 7 heteroatoms. The van der Waals surface area contributed by atoms with E-state index >= 15 is 0 Å². The molecule has 0 unspecified atom stereocenters. The highest BCUT2D eigenvalue weighted by atomic mass is 16.6. The van der Waals surface area contributed by atoms with E-state index in [-0.39, 0.29) is 11.6 Å². The molecule has 0 saturated heterocycles. The fourth-order valence-electron chi connectivity index (χ4n) is 1.70. The molecule has 0 aliphatic heterocycles. The summed E-state index contributed by atoms with van der Waals surface area (Å²) in [6.07, 6.45) is 0.990. The minimum Gasteiger partial charge on any atom is -0.477 e. The van der Waals surface area contributed by atoms with Crippen LogP contribution in [0, 0.1) is 10.1 Å². The molecule has 0 fully saturated rings. The van der Waals surface area contributed by atoms with E-state index in [0.29, 0.717) is 12.4 Å². The zero-order chi connectivity index (χ0) is 13.9. The average molecular weight is 253 g/mol. The smallest absolute Gasteiger partial charge is 0.342 e. The molecular formula is C11H15N3O4. The summed E-state index contributed by atoms with van der Waals surface area (Å²) in [6.45, 7) is 6.42. The Kier molecular flexibility index (Phi) is 4.19. The van der Waals surface area contributed by atoms with Crippen LogP contribution in [0.3, 0.4) is 0 Å². The lowest BCUT2D eigenvalue weighted by molar-refractivity contribution is -0.385. The van der Waals surface area contributed by atoms with Gasteiger partial charge in [0.05, 0.1) is 4.92 Å². The van der Waals surface area contributed by atoms with Crippen molar-refractivity contribution in [3.05, 3.63) is 27.9 Å². The Balaban J connectivity index is 3.30. The number of nitrogens with zero attached hydrogens (tertiary/aromatic N) is 3. The summed E-state index contributed by atoms with van der Waals surface area (Å²) in [6, 6.07) is 1.37. The van der Waals surface area contributed by atoms with Gasteiger partial charge in [0.1, 0.15) is 17.6 Å². The first-order valence-corrected chi connectivity index (χ1v) is 5.52. The molecule has 18 heavy (non-hydrogen) atoms. The van der Waals surface area contributed by atoms with Crippen molar-refractivity contribution >= 4 is 17.5 Å². The maximum Gasteiger partial charge on any atom is 0.342 e. The highest BCUT2D eigenvalue weighted by Crippen LogP contribution is 2.23. The average Bonchev–Trinajstić information content (AvgIpc) is 2.28. The first kappa shape index (κ1) is 13.9. The number of carboxylic acids is 1. The second kappa shape index (κ2) is 5.44. The van der Waals surface area contributed by atoms with Crippen molar-refractivity contribution < 1.29 is 14.8 Å². The lowest BCUT2D eigenvalue weighted by atomic mass is 10.2. The number of anilines is 1. The van der Waals surface area contributed by atoms with Crippen molar-refractivity contribution in [3.63, 3.8) is 0 Å². The molecule has 0 aromatic carbocycles. The van der Waals surface area contributed by atoms with Gasteiger partial charge < -0.3 is 10.0 Å². The summed E-state index contributed by atoms with van der Waals surface area (Å²) in [7, 11) is 0. The zero-order valence-corrected chi connectivity index (χ0v) is 10.5. The minimum absolute atomic E-state index is 0.130. The van der Waals surface area contributed by atoms with E-state index in [1.165, 1.54) is 6.07 Å². The molecule has 0 aliphatic carbocycles. The number of carbonyl (C=O) groups is 1. The maximum absolute atomic E-state index is 11.0. The van der Waals surface area contributed by atoms with Gasteiger partial charge in [-0.2, -0.15) is 0 Å². The normalized spacial score (nSPS) is 10.4. The number of rotatable bonds is 5. The third-order valence-corrected chi connectivity index (χ3v) is 2.55. The van der Waals surface area contributed by atoms with Crippen molar-refractivity contribution in [3.8, 4) is 0 Å². The van der Waals surface area contributed by atoms with E-state index < -0.39 is 16.6 Å². The second-order valence-corrected chi connectivity index (χ2v) is 4.00. The summed E-state index contributed by atoms with van der Waals surface area (Å²) in [4.78, 5) is 26.8. The first-order valence-electron chi connectivity index (χ1n) is 5.52. The van der Waals surface area contributed by atoms with Gasteiger partial charge in [0.15, 0.2) is 0 Å². The predicted molar refractivity (Wildman–Crippen MR) is 66.0 cm³/mol. The Labute approximate surface area is 104 Å². The van der Waals surface area contributed by atoms with Crippen LogP contribution in [0.15, 0.2) is 12.3 Å². The van der Waals surface area contributed by atoms with Crippen molar-refractivity contribution in [1.82, 2.24) is 4.98 Å². The highest BCUT2D eigenvalue weighted by molar-refractivity contribution is 5.93. The van der Waals surface area contributed by atoms with Gasteiger partial charge in [0.25, 0.3) is 0 Å². The molecule has 1 N–H and O–H groups in total. The van der Waals surface area contributed by atoms with E-state index in [1.54, 1.807) is 0 Å². The van der Waals surface area contributed by atoms with E-state index in [1.807, 2.05) is 25.7 Å². The van der Waals surface area contributed by atoms with Crippen molar-refractivity contribution in [2.45, 2.75) is 26.8 Å². The zero-order valence-electron chi connectivity index (χ0n) is 10.5. The van der Waals surface area contributed by atoms with E-state index in [2.05, 4.69) is 4.98 Å². The summed E-state index contributed by atoms with van der Waals surface area (Å²) in [5, 5.41) is 19.7. The van der Waals surface area contributed by atoms with Crippen LogP contribution >= 0.6 is 0 Å². The van der Waals surface area contributed by atoms with Gasteiger partial charge in [-0.1, -0.05) is 0 Å². The number of carboxylic acid groups (broad SMARTS) is 1.